The van der Waals surface area contributed by atoms with E-state index in [4.69, 9.17) is 21.7 Å². The average molecular weight is 388 g/mol. The van der Waals surface area contributed by atoms with Crippen molar-refractivity contribution in [3.63, 3.8) is 0 Å². The van der Waals surface area contributed by atoms with Gasteiger partial charge in [0.15, 0.2) is 23.5 Å². The van der Waals surface area contributed by atoms with E-state index in [0.29, 0.717) is 5.56 Å². The van der Waals surface area contributed by atoms with E-state index in [9.17, 15) is 15.0 Å². The molecular weight excluding hydrogens is 370 g/mol. The molecule has 3 aromatic rings. The zero-order valence-electron chi connectivity index (χ0n) is 15.3. The van der Waals surface area contributed by atoms with Crippen LogP contribution in [0, 0.1) is 0 Å². The number of hydrogen-bond donors (Lipinski definition) is 4. The Morgan fingerprint density at radius 2 is 2.04 bits per heavy atom. The molecule has 0 bridgehead atoms. The summed E-state index contributed by atoms with van der Waals surface area (Å²) < 4.78 is 20.3. The predicted molar refractivity (Wildman–Crippen MR) is 94.1 cm³/mol. The summed E-state index contributed by atoms with van der Waals surface area (Å²) >= 11 is 0. The van der Waals surface area contributed by atoms with Crippen LogP contribution in [0.5, 0.6) is 5.88 Å². The van der Waals surface area contributed by atoms with Gasteiger partial charge < -0.3 is 30.5 Å². The Morgan fingerprint density at radius 3 is 2.71 bits per heavy atom. The van der Waals surface area contributed by atoms with Crippen LogP contribution in [0.15, 0.2) is 36.7 Å². The fraction of sp³-hybridized carbons (Fsp3) is 0.294. The summed E-state index contributed by atoms with van der Waals surface area (Å²) in [6.07, 6.45) is -4.82. The number of aliphatic hydroxyl groups is 2. The number of imidazole rings is 1. The third-order valence-corrected chi connectivity index (χ3v) is 4.27. The molecule has 1 unspecified atom stereocenters. The van der Waals surface area contributed by atoms with E-state index in [2.05, 4.69) is 15.0 Å². The maximum absolute atomic E-state index is 11.2. The lowest BCUT2D eigenvalue weighted by atomic mass is 10.1. The van der Waals surface area contributed by atoms with Crippen molar-refractivity contribution < 1.29 is 31.0 Å². The minimum absolute atomic E-state index is 0.0575. The first kappa shape index (κ1) is 16.9. The lowest BCUT2D eigenvalue weighted by Gasteiger charge is -2.16. The number of hydrogen-bond acceptors (Lipinski definition) is 9. The van der Waals surface area contributed by atoms with E-state index < -0.39 is 37.1 Å². The summed E-state index contributed by atoms with van der Waals surface area (Å²) in [7, 11) is 0. The molecule has 28 heavy (non-hydrogen) atoms. The molecule has 3 heterocycles. The third-order valence-electron chi connectivity index (χ3n) is 4.27. The number of rotatable bonds is 5. The topological polar surface area (TPSA) is 166 Å². The van der Waals surface area contributed by atoms with Gasteiger partial charge in [-0.15, -0.1) is 0 Å². The minimum Gasteiger partial charge on any atom is -0.479 e. The number of anilines is 1. The van der Waals surface area contributed by atoms with E-state index in [0.717, 1.165) is 0 Å². The van der Waals surface area contributed by atoms with Gasteiger partial charge in [-0.25, -0.2) is 9.78 Å². The number of nitrogens with two attached hydrogens (primary N) is 1. The van der Waals surface area contributed by atoms with Crippen molar-refractivity contribution in [1.82, 2.24) is 19.5 Å². The van der Waals surface area contributed by atoms with Gasteiger partial charge in [0.05, 0.1) is 7.70 Å². The highest BCUT2D eigenvalue weighted by molar-refractivity contribution is 5.78. The molecule has 1 aliphatic rings. The number of aromatic nitrogens is 4. The minimum atomic E-state index is -1.64. The van der Waals surface area contributed by atoms with Gasteiger partial charge in [-0.05, 0) is 5.56 Å². The van der Waals surface area contributed by atoms with Gasteiger partial charge >= 0.3 is 5.97 Å². The summed E-state index contributed by atoms with van der Waals surface area (Å²) in [5.74, 6) is -1.66. The first-order valence-corrected chi connectivity index (χ1v) is 8.25. The molecule has 4 rings (SSSR count). The van der Waals surface area contributed by atoms with Crippen LogP contribution in [0.4, 0.5) is 5.95 Å². The molecule has 1 fully saturated rings. The molecule has 11 nitrogen and oxygen atoms in total. The molecule has 0 radical (unpaired) electrons. The monoisotopic (exact) mass is 388 g/mol. The molecule has 2 aromatic heterocycles. The number of ether oxygens (including phenoxy) is 2. The van der Waals surface area contributed by atoms with E-state index in [-0.39, 0.29) is 23.0 Å². The van der Waals surface area contributed by atoms with Crippen LogP contribution in [0.3, 0.4) is 0 Å². The molecule has 146 valence electrons. The second kappa shape index (κ2) is 7.03. The van der Waals surface area contributed by atoms with Crippen LogP contribution in [-0.4, -0.2) is 59.1 Å². The highest BCUT2D eigenvalue weighted by Crippen LogP contribution is 2.33. The number of fused-ring (bicyclic) bond motifs is 1. The van der Waals surface area contributed by atoms with Crippen LogP contribution in [0.2, 0.25) is 0 Å². The van der Waals surface area contributed by atoms with Crippen LogP contribution in [-0.2, 0) is 16.1 Å². The highest BCUT2D eigenvalue weighted by atomic mass is 16.6. The van der Waals surface area contributed by atoms with Gasteiger partial charge in [0.1, 0.15) is 18.8 Å². The highest BCUT2D eigenvalue weighted by Gasteiger charge is 2.48. The summed E-state index contributed by atoms with van der Waals surface area (Å²) in [4.78, 5) is 23.4. The lowest BCUT2D eigenvalue weighted by Crippen LogP contribution is -2.35. The van der Waals surface area contributed by atoms with E-state index in [1.54, 1.807) is 24.3 Å². The zero-order valence-corrected chi connectivity index (χ0v) is 14.3. The fourth-order valence-electron chi connectivity index (χ4n) is 2.92. The summed E-state index contributed by atoms with van der Waals surface area (Å²) in [5.41, 5.74) is 6.56. The Bertz CT molecular complexity index is 1050. The van der Waals surface area contributed by atoms with Gasteiger partial charge in [0.2, 0.25) is 11.8 Å². The first-order chi connectivity index (χ1) is 13.9. The van der Waals surface area contributed by atoms with Gasteiger partial charge in [-0.3, -0.25) is 4.57 Å². The van der Waals surface area contributed by atoms with E-state index in [1.165, 1.54) is 10.9 Å². The van der Waals surface area contributed by atoms with Crippen LogP contribution >= 0.6 is 0 Å². The van der Waals surface area contributed by atoms with Crippen molar-refractivity contribution in [3.05, 3.63) is 42.2 Å². The van der Waals surface area contributed by atoms with Gasteiger partial charge in [0.25, 0.3) is 0 Å². The number of nitrogens with zero attached hydrogens (tertiary/aromatic N) is 4. The van der Waals surface area contributed by atoms with Crippen molar-refractivity contribution in [2.45, 2.75) is 31.1 Å². The Balaban J connectivity index is 1.70. The molecular formula is C17H17N5O6. The molecule has 0 amide bonds. The van der Waals surface area contributed by atoms with Crippen molar-refractivity contribution in [2.75, 3.05) is 5.73 Å². The Kier molecular flexibility index (Phi) is 4.24. The quantitative estimate of drug-likeness (QED) is 0.455. The summed E-state index contributed by atoms with van der Waals surface area (Å²) in [6.45, 7) is -1.11. The third kappa shape index (κ3) is 3.11. The van der Waals surface area contributed by atoms with E-state index in [1.807, 2.05) is 6.07 Å². The number of carboxylic acid groups (broad SMARTS) is 1. The van der Waals surface area contributed by atoms with Crippen molar-refractivity contribution in [1.29, 1.82) is 0 Å². The Labute approximate surface area is 159 Å². The number of nitrogen functional groups attached to an aromatic ring is 1. The number of carbonyl (C=O) groups is 1. The molecule has 11 heteroatoms. The zero-order chi connectivity index (χ0) is 20.7. The standard InChI is InChI=1S/C17H17N5O6/c18-17-20-13-9(14(21-17)27-6-8-4-2-1-3-5-8)19-7-22(13)15-11(24)10(23)12(28-15)16(25)26/h1-5,7,10-12,15,23-24H,6H2,(H,25,26)(H2,18,20,21)/t10-,11+,12-,15+/m0/s1/i6D/t6?,10-,11+,12-,15+. The summed E-state index contributed by atoms with van der Waals surface area (Å²) in [5, 5.41) is 29.3. The first-order valence-electron chi connectivity index (χ1n) is 8.83. The molecule has 0 aliphatic carbocycles. The maximum atomic E-state index is 11.2. The van der Waals surface area contributed by atoms with Crippen LogP contribution < -0.4 is 10.5 Å². The average Bonchev–Trinajstić information content (AvgIpc) is 3.24. The number of benzene rings is 1. The molecule has 1 aromatic carbocycles. The Morgan fingerprint density at radius 1 is 1.29 bits per heavy atom. The predicted octanol–water partition coefficient (Wildman–Crippen LogP) is -0.309. The largest absolute Gasteiger partial charge is 0.479 e. The fourth-order valence-corrected chi connectivity index (χ4v) is 2.92. The van der Waals surface area contributed by atoms with Crippen molar-refractivity contribution in [3.8, 4) is 5.88 Å². The number of aliphatic carboxylic acids is 1. The van der Waals surface area contributed by atoms with Gasteiger partial charge in [0, 0.05) is 0 Å². The van der Waals surface area contributed by atoms with Crippen LogP contribution in [0.1, 0.15) is 13.2 Å². The molecule has 0 spiro atoms. The normalized spacial score (nSPS) is 26.1. The molecule has 1 aliphatic heterocycles. The maximum Gasteiger partial charge on any atom is 0.335 e. The second-order valence-corrected chi connectivity index (χ2v) is 6.12. The molecule has 5 N–H and O–H groups in total. The molecule has 5 atom stereocenters. The van der Waals surface area contributed by atoms with Gasteiger partial charge in [-0.1, -0.05) is 30.3 Å². The Hall–Kier alpha value is -3.28. The summed E-state index contributed by atoms with van der Waals surface area (Å²) in [6, 6.07) is 8.77. The number of carboxylic acids is 1. The second-order valence-electron chi connectivity index (χ2n) is 6.12. The SMILES string of the molecule is [2H]C(Oc1nc(N)nc2c1ncn2[C@@H]1O[C@H](C(=O)O)[C@@H](O)[C@H]1O)c1ccccc1. The van der Waals surface area contributed by atoms with Gasteiger partial charge in [-0.2, -0.15) is 9.97 Å². The smallest absolute Gasteiger partial charge is 0.335 e. The van der Waals surface area contributed by atoms with Crippen LogP contribution in [0.25, 0.3) is 11.2 Å². The number of aliphatic hydroxyl groups excluding tert-OH is 2. The van der Waals surface area contributed by atoms with E-state index >= 15 is 0 Å². The molecule has 0 saturated carbocycles. The van der Waals surface area contributed by atoms with Crippen molar-refractivity contribution in [2.24, 2.45) is 0 Å². The van der Waals surface area contributed by atoms with Crippen molar-refractivity contribution >= 4 is 23.1 Å². The molecule has 1 saturated heterocycles. The lowest BCUT2D eigenvalue weighted by molar-refractivity contribution is -0.155.